The molecule has 1 heterocycles. The van der Waals surface area contributed by atoms with E-state index in [2.05, 4.69) is 44.5 Å². The molecule has 1 atom stereocenters. The number of hydrogen-bond donors (Lipinski definition) is 2. The smallest absolute Gasteiger partial charge is 0.220 e. The third-order valence-corrected chi connectivity index (χ3v) is 4.90. The molecule has 0 aliphatic carbocycles. The number of hydrogen-bond acceptors (Lipinski definition) is 3. The third kappa shape index (κ3) is 5.63. The molecule has 0 saturated carbocycles. The summed E-state index contributed by atoms with van der Waals surface area (Å²) in [5, 5.41) is 5.08. The molecule has 3 nitrogen and oxygen atoms in total. The maximum Gasteiger partial charge on any atom is 0.220 e. The fraction of sp³-hybridized carbons (Fsp3) is 0.688. The van der Waals surface area contributed by atoms with E-state index in [0.717, 1.165) is 12.8 Å². The van der Waals surface area contributed by atoms with Crippen LogP contribution in [0.1, 0.15) is 50.5 Å². The Morgan fingerprint density at radius 3 is 2.60 bits per heavy atom. The first-order valence-electron chi connectivity index (χ1n) is 7.34. The summed E-state index contributed by atoms with van der Waals surface area (Å²) in [5.41, 5.74) is 7.14. The van der Waals surface area contributed by atoms with Crippen LogP contribution >= 0.6 is 11.3 Å². The molecule has 0 aliphatic rings. The number of nitrogens with one attached hydrogen (secondary N) is 1. The molecule has 1 amide bonds. The van der Waals surface area contributed by atoms with Crippen molar-refractivity contribution in [2.24, 2.45) is 17.1 Å². The van der Waals surface area contributed by atoms with Gasteiger partial charge >= 0.3 is 0 Å². The lowest BCUT2D eigenvalue weighted by Crippen LogP contribution is -2.27. The fourth-order valence-electron chi connectivity index (χ4n) is 2.37. The first kappa shape index (κ1) is 17.2. The van der Waals surface area contributed by atoms with Crippen molar-refractivity contribution in [2.45, 2.75) is 53.5 Å². The summed E-state index contributed by atoms with van der Waals surface area (Å²) in [6.07, 6.45) is 2.49. The SMILES string of the molecule is Cc1ccsc1CNC(=O)CCC(CCN)C(C)(C)C. The summed E-state index contributed by atoms with van der Waals surface area (Å²) in [5.74, 6) is 0.644. The number of rotatable bonds is 7. The Morgan fingerprint density at radius 2 is 2.10 bits per heavy atom. The molecule has 3 N–H and O–H groups in total. The Hall–Kier alpha value is -0.870. The number of carbonyl (C=O) groups is 1. The number of amides is 1. The minimum absolute atomic E-state index is 0.143. The van der Waals surface area contributed by atoms with Gasteiger partial charge in [-0.3, -0.25) is 4.79 Å². The van der Waals surface area contributed by atoms with Crippen molar-refractivity contribution in [3.05, 3.63) is 21.9 Å². The molecule has 114 valence electrons. The summed E-state index contributed by atoms with van der Waals surface area (Å²) in [6.45, 7) is 10.1. The molecular formula is C16H28N2OS. The molecule has 0 fully saturated rings. The summed E-state index contributed by atoms with van der Waals surface area (Å²) >= 11 is 1.70. The van der Waals surface area contributed by atoms with Crippen molar-refractivity contribution in [3.8, 4) is 0 Å². The number of aryl methyl sites for hydroxylation is 1. The summed E-state index contributed by atoms with van der Waals surface area (Å²) < 4.78 is 0. The van der Waals surface area contributed by atoms with Gasteiger partial charge in [0, 0.05) is 11.3 Å². The lowest BCUT2D eigenvalue weighted by molar-refractivity contribution is -0.121. The van der Waals surface area contributed by atoms with E-state index in [1.165, 1.54) is 10.4 Å². The van der Waals surface area contributed by atoms with Crippen LogP contribution in [0.2, 0.25) is 0 Å². The molecule has 0 spiro atoms. The predicted octanol–water partition coefficient (Wildman–Crippen LogP) is 3.46. The van der Waals surface area contributed by atoms with Crippen molar-refractivity contribution in [2.75, 3.05) is 6.54 Å². The number of thiophene rings is 1. The number of carbonyl (C=O) groups excluding carboxylic acids is 1. The first-order chi connectivity index (χ1) is 9.34. The van der Waals surface area contributed by atoms with E-state index < -0.39 is 0 Å². The molecule has 1 aromatic rings. The largest absolute Gasteiger partial charge is 0.351 e. The maximum atomic E-state index is 11.9. The molecule has 0 radical (unpaired) electrons. The Morgan fingerprint density at radius 1 is 1.40 bits per heavy atom. The highest BCUT2D eigenvalue weighted by molar-refractivity contribution is 7.10. The van der Waals surface area contributed by atoms with Gasteiger partial charge in [-0.1, -0.05) is 20.8 Å². The van der Waals surface area contributed by atoms with Crippen LogP contribution in [0, 0.1) is 18.3 Å². The van der Waals surface area contributed by atoms with Crippen LogP contribution in [-0.2, 0) is 11.3 Å². The van der Waals surface area contributed by atoms with Crippen molar-refractivity contribution in [3.63, 3.8) is 0 Å². The zero-order valence-corrected chi connectivity index (χ0v) is 14.0. The van der Waals surface area contributed by atoms with Gasteiger partial charge in [-0.05, 0) is 54.7 Å². The highest BCUT2D eigenvalue weighted by atomic mass is 32.1. The molecule has 0 saturated heterocycles. The van der Waals surface area contributed by atoms with Gasteiger partial charge in [-0.2, -0.15) is 0 Å². The van der Waals surface area contributed by atoms with E-state index in [4.69, 9.17) is 5.73 Å². The topological polar surface area (TPSA) is 55.1 Å². The highest BCUT2D eigenvalue weighted by Crippen LogP contribution is 2.32. The van der Waals surface area contributed by atoms with Gasteiger partial charge in [0.25, 0.3) is 0 Å². The first-order valence-corrected chi connectivity index (χ1v) is 8.22. The minimum Gasteiger partial charge on any atom is -0.351 e. The Balaban J connectivity index is 2.36. The zero-order valence-electron chi connectivity index (χ0n) is 13.2. The van der Waals surface area contributed by atoms with Gasteiger partial charge in [0.1, 0.15) is 0 Å². The van der Waals surface area contributed by atoms with Crippen LogP contribution in [0.25, 0.3) is 0 Å². The lowest BCUT2D eigenvalue weighted by atomic mass is 9.76. The van der Waals surface area contributed by atoms with Gasteiger partial charge in [-0.25, -0.2) is 0 Å². The van der Waals surface area contributed by atoms with Crippen LogP contribution in [0.3, 0.4) is 0 Å². The second kappa shape index (κ2) is 7.79. The molecule has 0 aliphatic heterocycles. The average Bonchev–Trinajstić information content (AvgIpc) is 2.76. The minimum atomic E-state index is 0.143. The monoisotopic (exact) mass is 296 g/mol. The standard InChI is InChI=1S/C16H28N2OS/c1-12-8-10-20-14(12)11-18-15(19)6-5-13(7-9-17)16(2,3)4/h8,10,13H,5-7,9,11,17H2,1-4H3,(H,18,19). The summed E-state index contributed by atoms with van der Waals surface area (Å²) in [6, 6.07) is 2.09. The van der Waals surface area contributed by atoms with Crippen LogP contribution in [-0.4, -0.2) is 12.5 Å². The van der Waals surface area contributed by atoms with Crippen LogP contribution in [0.4, 0.5) is 0 Å². The van der Waals surface area contributed by atoms with Crippen LogP contribution in [0.15, 0.2) is 11.4 Å². The van der Waals surface area contributed by atoms with E-state index >= 15 is 0 Å². The quantitative estimate of drug-likeness (QED) is 0.809. The summed E-state index contributed by atoms with van der Waals surface area (Å²) in [7, 11) is 0. The Labute approximate surface area is 127 Å². The van der Waals surface area contributed by atoms with Gasteiger partial charge in [0.15, 0.2) is 0 Å². The Kier molecular flexibility index (Phi) is 6.69. The normalized spacial score (nSPS) is 13.2. The molecule has 0 aromatic carbocycles. The molecule has 1 unspecified atom stereocenters. The number of nitrogens with two attached hydrogens (primary N) is 1. The fourth-order valence-corrected chi connectivity index (χ4v) is 3.22. The molecule has 1 aromatic heterocycles. The van der Waals surface area contributed by atoms with Crippen molar-refractivity contribution in [1.82, 2.24) is 5.32 Å². The maximum absolute atomic E-state index is 11.9. The molecule has 0 bridgehead atoms. The van der Waals surface area contributed by atoms with Crippen molar-refractivity contribution in [1.29, 1.82) is 0 Å². The van der Waals surface area contributed by atoms with E-state index in [-0.39, 0.29) is 11.3 Å². The van der Waals surface area contributed by atoms with Gasteiger partial charge in [0.2, 0.25) is 5.91 Å². The highest BCUT2D eigenvalue weighted by Gasteiger charge is 2.24. The van der Waals surface area contributed by atoms with Crippen LogP contribution < -0.4 is 11.1 Å². The zero-order chi connectivity index (χ0) is 15.2. The van der Waals surface area contributed by atoms with E-state index in [1.807, 2.05) is 0 Å². The van der Waals surface area contributed by atoms with Crippen LogP contribution in [0.5, 0.6) is 0 Å². The lowest BCUT2D eigenvalue weighted by Gasteiger charge is -2.30. The molecule has 20 heavy (non-hydrogen) atoms. The van der Waals surface area contributed by atoms with E-state index in [0.29, 0.717) is 25.4 Å². The van der Waals surface area contributed by atoms with Crippen molar-refractivity contribution >= 4 is 17.2 Å². The molecular weight excluding hydrogens is 268 g/mol. The van der Waals surface area contributed by atoms with Gasteiger partial charge in [0.05, 0.1) is 6.54 Å². The predicted molar refractivity (Wildman–Crippen MR) is 86.8 cm³/mol. The van der Waals surface area contributed by atoms with E-state index in [9.17, 15) is 4.79 Å². The summed E-state index contributed by atoms with van der Waals surface area (Å²) in [4.78, 5) is 13.2. The van der Waals surface area contributed by atoms with Gasteiger partial charge in [-0.15, -0.1) is 11.3 Å². The second-order valence-corrected chi connectivity index (χ2v) is 7.48. The third-order valence-electron chi connectivity index (χ3n) is 3.87. The Bertz CT molecular complexity index is 420. The second-order valence-electron chi connectivity index (χ2n) is 6.48. The van der Waals surface area contributed by atoms with Gasteiger partial charge < -0.3 is 11.1 Å². The molecule has 4 heteroatoms. The van der Waals surface area contributed by atoms with Crippen molar-refractivity contribution < 1.29 is 4.79 Å². The van der Waals surface area contributed by atoms with E-state index in [1.54, 1.807) is 11.3 Å². The molecule has 1 rings (SSSR count). The average molecular weight is 296 g/mol.